The number of carbonyl (C=O) groups is 1. The highest BCUT2D eigenvalue weighted by atomic mass is 16.6. The number of Topliss-reactive ketones (excluding diaryl/α,β-unsaturated/α-hetero) is 1. The first-order valence-electron chi connectivity index (χ1n) is 4.91. The number of hydrogen-bond acceptors (Lipinski definition) is 6. The van der Waals surface area contributed by atoms with Crippen LogP contribution in [0.25, 0.3) is 0 Å². The van der Waals surface area contributed by atoms with Gasteiger partial charge in [-0.2, -0.15) is 0 Å². The first kappa shape index (κ1) is 11.0. The smallest absolute Gasteiger partial charge is 0.243 e. The van der Waals surface area contributed by atoms with E-state index in [2.05, 4.69) is 9.97 Å². The first-order chi connectivity index (χ1) is 7.83. The highest BCUT2D eigenvalue weighted by Gasteiger charge is 2.27. The van der Waals surface area contributed by atoms with Crippen molar-refractivity contribution in [3.05, 3.63) is 18.1 Å². The van der Waals surface area contributed by atoms with Crippen molar-refractivity contribution in [2.24, 2.45) is 0 Å². The summed E-state index contributed by atoms with van der Waals surface area (Å²) in [7, 11) is 1.44. The fraction of sp³-hybridized carbons (Fsp3) is 0.500. The molecule has 16 heavy (non-hydrogen) atoms. The summed E-state index contributed by atoms with van der Waals surface area (Å²) in [6.45, 7) is 1.18. The Morgan fingerprint density at radius 1 is 1.44 bits per heavy atom. The van der Waals surface area contributed by atoms with Gasteiger partial charge in [-0.1, -0.05) is 0 Å². The van der Waals surface area contributed by atoms with Gasteiger partial charge >= 0.3 is 0 Å². The third-order valence-corrected chi connectivity index (χ3v) is 2.20. The average Bonchev–Trinajstić information content (AvgIpc) is 2.39. The Kier molecular flexibility index (Phi) is 3.43. The van der Waals surface area contributed by atoms with Gasteiger partial charge < -0.3 is 14.2 Å². The molecule has 1 aliphatic heterocycles. The third-order valence-electron chi connectivity index (χ3n) is 2.20. The molecule has 6 heteroatoms. The van der Waals surface area contributed by atoms with E-state index in [4.69, 9.17) is 14.2 Å². The van der Waals surface area contributed by atoms with E-state index < -0.39 is 6.10 Å². The van der Waals surface area contributed by atoms with Crippen molar-refractivity contribution in [1.82, 2.24) is 9.97 Å². The summed E-state index contributed by atoms with van der Waals surface area (Å²) < 4.78 is 15.4. The Balaban J connectivity index is 2.19. The van der Waals surface area contributed by atoms with Crippen LogP contribution in [-0.2, 0) is 9.47 Å². The van der Waals surface area contributed by atoms with Crippen LogP contribution in [-0.4, -0.2) is 48.8 Å². The van der Waals surface area contributed by atoms with Crippen LogP contribution < -0.4 is 4.74 Å². The molecule has 1 aliphatic rings. The van der Waals surface area contributed by atoms with E-state index in [1.807, 2.05) is 0 Å². The summed E-state index contributed by atoms with van der Waals surface area (Å²) in [5.74, 6) is -0.0497. The maximum atomic E-state index is 12.0. The fourth-order valence-corrected chi connectivity index (χ4v) is 1.44. The zero-order valence-electron chi connectivity index (χ0n) is 8.88. The predicted octanol–water partition coefficient (Wildman–Crippen LogP) is 0.0833. The SMILES string of the molecule is COc1nccnc1C(=O)C1COCCO1. The molecule has 86 valence electrons. The summed E-state index contributed by atoms with van der Waals surface area (Å²) in [5.41, 5.74) is 0.181. The average molecular weight is 224 g/mol. The second kappa shape index (κ2) is 5.00. The van der Waals surface area contributed by atoms with Gasteiger partial charge in [-0.25, -0.2) is 9.97 Å². The highest BCUT2D eigenvalue weighted by Crippen LogP contribution is 2.15. The van der Waals surface area contributed by atoms with Crippen molar-refractivity contribution in [2.75, 3.05) is 26.9 Å². The van der Waals surface area contributed by atoms with E-state index in [0.29, 0.717) is 13.2 Å². The molecule has 0 spiro atoms. The predicted molar refractivity (Wildman–Crippen MR) is 53.5 cm³/mol. The Morgan fingerprint density at radius 3 is 2.94 bits per heavy atom. The van der Waals surface area contributed by atoms with E-state index in [1.165, 1.54) is 19.5 Å². The number of aromatic nitrogens is 2. The maximum absolute atomic E-state index is 12.0. The van der Waals surface area contributed by atoms with E-state index in [-0.39, 0.29) is 24.0 Å². The quantitative estimate of drug-likeness (QED) is 0.677. The van der Waals surface area contributed by atoms with E-state index in [1.54, 1.807) is 0 Å². The standard InChI is InChI=1S/C10H12N2O4/c1-14-10-8(11-2-3-12-10)9(13)7-6-15-4-5-16-7/h2-3,7H,4-6H2,1H3. The molecule has 0 radical (unpaired) electrons. The second-order valence-electron chi connectivity index (χ2n) is 3.21. The molecule has 1 unspecified atom stereocenters. The lowest BCUT2D eigenvalue weighted by Crippen LogP contribution is -2.36. The molecule has 0 amide bonds. The number of hydrogen-bond donors (Lipinski definition) is 0. The number of carbonyl (C=O) groups excluding carboxylic acids is 1. The van der Waals surface area contributed by atoms with Gasteiger partial charge in [0.25, 0.3) is 0 Å². The van der Waals surface area contributed by atoms with Crippen molar-refractivity contribution in [1.29, 1.82) is 0 Å². The number of rotatable bonds is 3. The molecule has 0 aromatic carbocycles. The van der Waals surface area contributed by atoms with Gasteiger partial charge in [-0.3, -0.25) is 4.79 Å². The summed E-state index contributed by atoms with van der Waals surface area (Å²) >= 11 is 0. The normalized spacial score (nSPS) is 20.4. The van der Waals surface area contributed by atoms with Crippen molar-refractivity contribution in [3.8, 4) is 5.88 Å². The molecule has 0 bridgehead atoms. The lowest BCUT2D eigenvalue weighted by molar-refractivity contribution is -0.0721. The van der Waals surface area contributed by atoms with Crippen molar-refractivity contribution in [3.63, 3.8) is 0 Å². The van der Waals surface area contributed by atoms with Crippen LogP contribution >= 0.6 is 0 Å². The Hall–Kier alpha value is -1.53. The van der Waals surface area contributed by atoms with Gasteiger partial charge in [0.05, 0.1) is 26.9 Å². The third kappa shape index (κ3) is 2.17. The topological polar surface area (TPSA) is 70.5 Å². The van der Waals surface area contributed by atoms with Gasteiger partial charge in [0.2, 0.25) is 11.7 Å². The van der Waals surface area contributed by atoms with Gasteiger partial charge in [0, 0.05) is 12.4 Å². The molecule has 6 nitrogen and oxygen atoms in total. The minimum absolute atomic E-state index is 0.181. The largest absolute Gasteiger partial charge is 0.479 e. The maximum Gasteiger partial charge on any atom is 0.243 e. The molecule has 1 saturated heterocycles. The number of ether oxygens (including phenoxy) is 3. The molecule has 1 fully saturated rings. The molecule has 0 saturated carbocycles. The van der Waals surface area contributed by atoms with Gasteiger partial charge in [-0.15, -0.1) is 0 Å². The van der Waals surface area contributed by atoms with E-state index in [9.17, 15) is 4.79 Å². The van der Waals surface area contributed by atoms with Crippen molar-refractivity contribution >= 4 is 5.78 Å². The second-order valence-corrected chi connectivity index (χ2v) is 3.21. The Bertz CT molecular complexity index is 377. The monoisotopic (exact) mass is 224 g/mol. The summed E-state index contributed by atoms with van der Waals surface area (Å²) in [6, 6.07) is 0. The Morgan fingerprint density at radius 2 is 2.25 bits per heavy atom. The Labute approximate surface area is 92.6 Å². The zero-order chi connectivity index (χ0) is 11.4. The highest BCUT2D eigenvalue weighted by molar-refractivity contribution is 5.99. The van der Waals surface area contributed by atoms with Gasteiger partial charge in [0.15, 0.2) is 5.69 Å². The van der Waals surface area contributed by atoms with Gasteiger partial charge in [0.1, 0.15) is 6.10 Å². The van der Waals surface area contributed by atoms with Crippen LogP contribution in [0.5, 0.6) is 5.88 Å². The minimum atomic E-state index is -0.612. The van der Waals surface area contributed by atoms with E-state index in [0.717, 1.165) is 0 Å². The van der Waals surface area contributed by atoms with Crippen molar-refractivity contribution in [2.45, 2.75) is 6.10 Å². The summed E-state index contributed by atoms with van der Waals surface area (Å²) in [4.78, 5) is 19.9. The van der Waals surface area contributed by atoms with Crippen molar-refractivity contribution < 1.29 is 19.0 Å². The zero-order valence-corrected chi connectivity index (χ0v) is 8.88. The molecule has 2 rings (SSSR count). The lowest BCUT2D eigenvalue weighted by atomic mass is 10.1. The number of nitrogens with zero attached hydrogens (tertiary/aromatic N) is 2. The van der Waals surface area contributed by atoms with Crippen LogP contribution in [0.15, 0.2) is 12.4 Å². The van der Waals surface area contributed by atoms with E-state index >= 15 is 0 Å². The molecular weight excluding hydrogens is 212 g/mol. The summed E-state index contributed by atoms with van der Waals surface area (Å²) in [6.07, 6.45) is 2.30. The lowest BCUT2D eigenvalue weighted by Gasteiger charge is -2.21. The number of methoxy groups -OCH3 is 1. The van der Waals surface area contributed by atoms with Crippen LogP contribution in [0.3, 0.4) is 0 Å². The molecule has 1 aromatic rings. The van der Waals surface area contributed by atoms with Crippen LogP contribution in [0, 0.1) is 0 Å². The number of ketones is 1. The van der Waals surface area contributed by atoms with Gasteiger partial charge in [-0.05, 0) is 0 Å². The van der Waals surface area contributed by atoms with Crippen LogP contribution in [0.2, 0.25) is 0 Å². The first-order valence-corrected chi connectivity index (χ1v) is 4.91. The molecule has 0 aliphatic carbocycles. The molecule has 0 N–H and O–H groups in total. The molecular formula is C10H12N2O4. The fourth-order valence-electron chi connectivity index (χ4n) is 1.44. The molecule has 1 atom stereocenters. The summed E-state index contributed by atoms with van der Waals surface area (Å²) in [5, 5.41) is 0. The molecule has 1 aromatic heterocycles. The molecule has 2 heterocycles. The van der Waals surface area contributed by atoms with Crippen LogP contribution in [0.4, 0.5) is 0 Å². The van der Waals surface area contributed by atoms with Crippen LogP contribution in [0.1, 0.15) is 10.5 Å². The minimum Gasteiger partial charge on any atom is -0.479 e.